The molecule has 0 bridgehead atoms. The van der Waals surface area contributed by atoms with Crippen molar-refractivity contribution in [3.63, 3.8) is 0 Å². The van der Waals surface area contributed by atoms with Gasteiger partial charge in [-0.1, -0.05) is 39.7 Å². The Labute approximate surface area is 129 Å². The maximum Gasteiger partial charge on any atom is 0.173 e. The molecule has 0 spiro atoms. The largest absolute Gasteiger partial charge is 0.310 e. The second kappa shape index (κ2) is 8.73. The fourth-order valence-corrected chi connectivity index (χ4v) is 2.82. The van der Waals surface area contributed by atoms with Crippen molar-refractivity contribution in [3.05, 3.63) is 33.8 Å². The number of halogens is 3. The standard InChI is InChI=1S/C16H24BrF2N/c1-4-10-20-14(7-5-6-11(2)3)12-8-9-13(18)16(19)15(12)17/h8-9,11,14,20H,4-7,10H2,1-3H3. The van der Waals surface area contributed by atoms with Crippen LogP contribution in [0.15, 0.2) is 16.6 Å². The molecule has 1 atom stereocenters. The Morgan fingerprint density at radius 3 is 2.50 bits per heavy atom. The molecule has 0 amide bonds. The number of rotatable bonds is 8. The van der Waals surface area contributed by atoms with Crippen molar-refractivity contribution < 1.29 is 8.78 Å². The summed E-state index contributed by atoms with van der Waals surface area (Å²) in [6.07, 6.45) is 4.17. The van der Waals surface area contributed by atoms with Gasteiger partial charge < -0.3 is 5.32 Å². The molecule has 1 rings (SSSR count). The summed E-state index contributed by atoms with van der Waals surface area (Å²) in [5.74, 6) is -0.943. The van der Waals surface area contributed by atoms with Gasteiger partial charge in [0.25, 0.3) is 0 Å². The fourth-order valence-electron chi connectivity index (χ4n) is 2.23. The molecule has 0 aromatic heterocycles. The van der Waals surface area contributed by atoms with Crippen LogP contribution in [0.25, 0.3) is 0 Å². The summed E-state index contributed by atoms with van der Waals surface area (Å²) in [4.78, 5) is 0. The van der Waals surface area contributed by atoms with Crippen molar-refractivity contribution in [2.75, 3.05) is 6.54 Å². The molecule has 114 valence electrons. The minimum absolute atomic E-state index is 0.0678. The summed E-state index contributed by atoms with van der Waals surface area (Å²) in [6.45, 7) is 7.36. The zero-order chi connectivity index (χ0) is 15.1. The third-order valence-corrected chi connectivity index (χ3v) is 4.16. The van der Waals surface area contributed by atoms with E-state index in [9.17, 15) is 8.78 Å². The minimum atomic E-state index is -0.808. The molecule has 0 heterocycles. The van der Waals surface area contributed by atoms with E-state index in [-0.39, 0.29) is 10.5 Å². The Morgan fingerprint density at radius 2 is 1.90 bits per heavy atom. The van der Waals surface area contributed by atoms with Crippen LogP contribution in [0.3, 0.4) is 0 Å². The van der Waals surface area contributed by atoms with Crippen molar-refractivity contribution in [1.82, 2.24) is 5.32 Å². The van der Waals surface area contributed by atoms with E-state index in [0.717, 1.165) is 37.8 Å². The molecule has 0 aliphatic carbocycles. The Morgan fingerprint density at radius 1 is 1.20 bits per heavy atom. The van der Waals surface area contributed by atoms with Gasteiger partial charge in [0.15, 0.2) is 11.6 Å². The Hall–Kier alpha value is -0.480. The highest BCUT2D eigenvalue weighted by Gasteiger charge is 2.18. The highest BCUT2D eigenvalue weighted by atomic mass is 79.9. The summed E-state index contributed by atoms with van der Waals surface area (Å²) >= 11 is 3.19. The first-order valence-electron chi connectivity index (χ1n) is 7.34. The van der Waals surface area contributed by atoms with Gasteiger partial charge in [0.1, 0.15) is 0 Å². The van der Waals surface area contributed by atoms with Gasteiger partial charge in [0.2, 0.25) is 0 Å². The van der Waals surface area contributed by atoms with Crippen LogP contribution in [-0.4, -0.2) is 6.54 Å². The van der Waals surface area contributed by atoms with Crippen molar-refractivity contribution in [2.45, 2.75) is 52.5 Å². The monoisotopic (exact) mass is 347 g/mol. The first-order chi connectivity index (χ1) is 9.47. The molecule has 20 heavy (non-hydrogen) atoms. The van der Waals surface area contributed by atoms with E-state index < -0.39 is 11.6 Å². The summed E-state index contributed by atoms with van der Waals surface area (Å²) < 4.78 is 27.1. The Bertz CT molecular complexity index is 421. The SMILES string of the molecule is CCCNC(CCCC(C)C)c1ccc(F)c(F)c1Br. The lowest BCUT2D eigenvalue weighted by atomic mass is 9.97. The molecule has 0 fully saturated rings. The van der Waals surface area contributed by atoms with Crippen molar-refractivity contribution in [1.29, 1.82) is 0 Å². The molecule has 0 aliphatic heterocycles. The highest BCUT2D eigenvalue weighted by molar-refractivity contribution is 9.10. The average Bonchev–Trinajstić information content (AvgIpc) is 2.40. The predicted octanol–water partition coefficient (Wildman–Crippen LogP) is 5.59. The number of nitrogens with one attached hydrogen (secondary N) is 1. The van der Waals surface area contributed by atoms with Crippen LogP contribution >= 0.6 is 15.9 Å². The molecule has 1 nitrogen and oxygen atoms in total. The lowest BCUT2D eigenvalue weighted by Gasteiger charge is -2.21. The van der Waals surface area contributed by atoms with Crippen LogP contribution in [0.4, 0.5) is 8.78 Å². The molecule has 1 unspecified atom stereocenters. The van der Waals surface area contributed by atoms with E-state index in [1.807, 2.05) is 0 Å². The van der Waals surface area contributed by atoms with Gasteiger partial charge in [-0.05, 0) is 52.9 Å². The average molecular weight is 348 g/mol. The van der Waals surface area contributed by atoms with Gasteiger partial charge in [0.05, 0.1) is 4.47 Å². The molecular formula is C16H24BrF2N. The van der Waals surface area contributed by atoms with Gasteiger partial charge in [-0.2, -0.15) is 0 Å². The first kappa shape index (κ1) is 17.6. The number of hydrogen-bond acceptors (Lipinski definition) is 1. The van der Waals surface area contributed by atoms with Gasteiger partial charge in [-0.3, -0.25) is 0 Å². The Balaban J connectivity index is 2.84. The molecule has 0 aliphatic rings. The summed E-state index contributed by atoms with van der Waals surface area (Å²) in [5, 5.41) is 3.43. The predicted molar refractivity (Wildman–Crippen MR) is 83.8 cm³/mol. The maximum atomic E-state index is 13.7. The minimum Gasteiger partial charge on any atom is -0.310 e. The molecule has 4 heteroatoms. The van der Waals surface area contributed by atoms with Gasteiger partial charge >= 0.3 is 0 Å². The van der Waals surface area contributed by atoms with E-state index in [1.165, 1.54) is 6.07 Å². The zero-order valence-corrected chi connectivity index (χ0v) is 14.1. The lowest BCUT2D eigenvalue weighted by Crippen LogP contribution is -2.23. The normalized spacial score (nSPS) is 12.9. The van der Waals surface area contributed by atoms with Crippen LogP contribution in [0, 0.1) is 17.6 Å². The fraction of sp³-hybridized carbons (Fsp3) is 0.625. The highest BCUT2D eigenvalue weighted by Crippen LogP contribution is 2.30. The second-order valence-electron chi connectivity index (χ2n) is 5.60. The van der Waals surface area contributed by atoms with E-state index in [1.54, 1.807) is 6.07 Å². The number of benzene rings is 1. The van der Waals surface area contributed by atoms with E-state index >= 15 is 0 Å². The zero-order valence-electron chi connectivity index (χ0n) is 12.5. The van der Waals surface area contributed by atoms with Crippen molar-refractivity contribution in [3.8, 4) is 0 Å². The third kappa shape index (κ3) is 5.13. The van der Waals surface area contributed by atoms with Gasteiger partial charge in [-0.15, -0.1) is 0 Å². The quantitative estimate of drug-likeness (QED) is 0.604. The molecular weight excluding hydrogens is 324 g/mol. The lowest BCUT2D eigenvalue weighted by molar-refractivity contribution is 0.440. The molecule has 0 radical (unpaired) electrons. The summed E-state index contributed by atoms with van der Waals surface area (Å²) in [7, 11) is 0. The first-order valence-corrected chi connectivity index (χ1v) is 8.13. The molecule has 1 N–H and O–H groups in total. The Kier molecular flexibility index (Phi) is 7.67. The van der Waals surface area contributed by atoms with Crippen LogP contribution in [0.2, 0.25) is 0 Å². The molecule has 1 aromatic rings. The molecule has 0 saturated carbocycles. The topological polar surface area (TPSA) is 12.0 Å². The number of hydrogen-bond donors (Lipinski definition) is 1. The van der Waals surface area contributed by atoms with E-state index in [4.69, 9.17) is 0 Å². The van der Waals surface area contributed by atoms with E-state index in [2.05, 4.69) is 42.0 Å². The summed E-state index contributed by atoms with van der Waals surface area (Å²) in [6, 6.07) is 2.95. The molecule has 0 saturated heterocycles. The molecule has 1 aromatic carbocycles. The third-order valence-electron chi connectivity index (χ3n) is 3.36. The smallest absolute Gasteiger partial charge is 0.173 e. The van der Waals surface area contributed by atoms with Crippen LogP contribution < -0.4 is 5.32 Å². The van der Waals surface area contributed by atoms with Crippen molar-refractivity contribution >= 4 is 15.9 Å². The van der Waals surface area contributed by atoms with Gasteiger partial charge in [0, 0.05) is 6.04 Å². The van der Waals surface area contributed by atoms with Crippen LogP contribution in [-0.2, 0) is 0 Å². The maximum absolute atomic E-state index is 13.7. The van der Waals surface area contributed by atoms with Crippen molar-refractivity contribution in [2.24, 2.45) is 5.92 Å². The van der Waals surface area contributed by atoms with Gasteiger partial charge in [-0.25, -0.2) is 8.78 Å². The van der Waals surface area contributed by atoms with Crippen LogP contribution in [0.1, 0.15) is 58.1 Å². The van der Waals surface area contributed by atoms with Crippen LogP contribution in [0.5, 0.6) is 0 Å². The van der Waals surface area contributed by atoms with E-state index in [0.29, 0.717) is 5.92 Å². The summed E-state index contributed by atoms with van der Waals surface area (Å²) in [5.41, 5.74) is 0.807. The second-order valence-corrected chi connectivity index (χ2v) is 6.39.